The number of carbonyl (C=O) groups is 2. The maximum atomic E-state index is 13.8. The van der Waals surface area contributed by atoms with Crippen LogP contribution in [0, 0.1) is 5.82 Å². The van der Waals surface area contributed by atoms with Gasteiger partial charge >= 0.3 is 5.97 Å². The minimum Gasteiger partial charge on any atom is -0.497 e. The van der Waals surface area contributed by atoms with E-state index >= 15 is 0 Å². The number of carboxylic acids is 1. The number of carboxylic acid groups (broad SMARTS) is 1. The molecule has 0 saturated heterocycles. The number of rotatable bonds is 5. The van der Waals surface area contributed by atoms with Crippen molar-refractivity contribution in [1.82, 2.24) is 4.98 Å². The van der Waals surface area contributed by atoms with Crippen molar-refractivity contribution in [2.45, 2.75) is 13.1 Å². The summed E-state index contributed by atoms with van der Waals surface area (Å²) in [6, 6.07) is 7.68. The molecular formula is C21H16Cl2FN3O4S. The van der Waals surface area contributed by atoms with Gasteiger partial charge in [0.2, 0.25) is 0 Å². The van der Waals surface area contributed by atoms with Crippen molar-refractivity contribution in [1.29, 1.82) is 0 Å². The molecule has 32 heavy (non-hydrogen) atoms. The quantitative estimate of drug-likeness (QED) is 0.530. The third kappa shape index (κ3) is 3.99. The van der Waals surface area contributed by atoms with E-state index in [1.807, 2.05) is 23.1 Å². The van der Waals surface area contributed by atoms with Gasteiger partial charge in [0.15, 0.2) is 10.8 Å². The first-order chi connectivity index (χ1) is 15.2. The number of amides is 1. The number of methoxy groups -OCH3 is 1. The summed E-state index contributed by atoms with van der Waals surface area (Å²) in [7, 11) is 2.96. The minimum atomic E-state index is -1.40. The summed E-state index contributed by atoms with van der Waals surface area (Å²) in [6.45, 7) is 1.18. The Bertz CT molecular complexity index is 1250. The van der Waals surface area contributed by atoms with Crippen molar-refractivity contribution >= 4 is 57.2 Å². The Morgan fingerprint density at radius 3 is 2.62 bits per heavy atom. The summed E-state index contributed by atoms with van der Waals surface area (Å²) >= 11 is 13.3. The van der Waals surface area contributed by atoms with Crippen molar-refractivity contribution in [3.8, 4) is 5.75 Å². The highest BCUT2D eigenvalue weighted by Crippen LogP contribution is 2.37. The van der Waals surface area contributed by atoms with Crippen molar-refractivity contribution in [2.75, 3.05) is 24.0 Å². The van der Waals surface area contributed by atoms with Crippen LogP contribution in [0.15, 0.2) is 30.3 Å². The van der Waals surface area contributed by atoms with Crippen LogP contribution >= 0.6 is 34.5 Å². The number of hydrogen-bond donors (Lipinski definition) is 1. The number of aromatic nitrogens is 1. The molecule has 7 nitrogen and oxygen atoms in total. The summed E-state index contributed by atoms with van der Waals surface area (Å²) in [5.74, 6) is -2.17. The van der Waals surface area contributed by atoms with Gasteiger partial charge in [-0.05, 0) is 35.4 Å². The molecule has 1 aliphatic heterocycles. The van der Waals surface area contributed by atoms with E-state index in [1.54, 1.807) is 7.11 Å². The second-order valence-corrected chi connectivity index (χ2v) is 9.05. The van der Waals surface area contributed by atoms with Gasteiger partial charge in [0.05, 0.1) is 23.4 Å². The largest absolute Gasteiger partial charge is 0.497 e. The summed E-state index contributed by atoms with van der Waals surface area (Å²) in [5.41, 5.74) is 1.71. The maximum Gasteiger partial charge on any atom is 0.337 e. The minimum absolute atomic E-state index is 0.0283. The predicted octanol–water partition coefficient (Wildman–Crippen LogP) is 5.09. The Hall–Kier alpha value is -2.88. The number of fused-ring (bicyclic) bond motifs is 1. The molecule has 0 fully saturated rings. The lowest BCUT2D eigenvalue weighted by Gasteiger charge is -2.19. The maximum absolute atomic E-state index is 13.8. The SMILES string of the molecule is COc1ccc2c(c1)CN(c1nc(C(=O)N(C)c3cc(Cl)c(F)cc3C(=O)O)c(Cl)s1)C2. The Morgan fingerprint density at radius 2 is 1.94 bits per heavy atom. The molecule has 166 valence electrons. The molecule has 3 aromatic rings. The zero-order chi connectivity index (χ0) is 23.2. The second kappa shape index (κ2) is 8.57. The van der Waals surface area contributed by atoms with Crippen LogP contribution in [-0.2, 0) is 13.1 Å². The highest BCUT2D eigenvalue weighted by atomic mass is 35.5. The molecule has 2 aromatic carbocycles. The molecule has 11 heteroatoms. The fraction of sp³-hybridized carbons (Fsp3) is 0.190. The van der Waals surface area contributed by atoms with Gasteiger partial charge in [0, 0.05) is 20.1 Å². The molecule has 0 bridgehead atoms. The van der Waals surface area contributed by atoms with E-state index in [1.165, 1.54) is 7.05 Å². The summed E-state index contributed by atoms with van der Waals surface area (Å²) < 4.78 is 19.2. The third-order valence-corrected chi connectivity index (χ3v) is 6.72. The zero-order valence-electron chi connectivity index (χ0n) is 16.9. The molecule has 1 amide bonds. The lowest BCUT2D eigenvalue weighted by atomic mass is 10.1. The van der Waals surface area contributed by atoms with Gasteiger partial charge in [-0.25, -0.2) is 14.2 Å². The highest BCUT2D eigenvalue weighted by Gasteiger charge is 2.29. The van der Waals surface area contributed by atoms with Gasteiger partial charge < -0.3 is 19.6 Å². The van der Waals surface area contributed by atoms with Crippen LogP contribution in [0.3, 0.4) is 0 Å². The molecular weight excluding hydrogens is 480 g/mol. The smallest absolute Gasteiger partial charge is 0.337 e. The first kappa shape index (κ1) is 22.3. The molecule has 1 N–H and O–H groups in total. The van der Waals surface area contributed by atoms with E-state index in [4.69, 9.17) is 27.9 Å². The number of aromatic carboxylic acids is 1. The van der Waals surface area contributed by atoms with E-state index in [2.05, 4.69) is 4.98 Å². The van der Waals surface area contributed by atoms with Crippen molar-refractivity contribution in [3.05, 3.63) is 67.9 Å². The molecule has 1 aliphatic rings. The zero-order valence-corrected chi connectivity index (χ0v) is 19.2. The van der Waals surface area contributed by atoms with E-state index in [9.17, 15) is 19.1 Å². The number of thiazole rings is 1. The lowest BCUT2D eigenvalue weighted by Crippen LogP contribution is -2.28. The molecule has 0 spiro atoms. The number of carbonyl (C=O) groups excluding carboxylic acids is 1. The topological polar surface area (TPSA) is 83.0 Å². The fourth-order valence-electron chi connectivity index (χ4n) is 3.44. The number of anilines is 2. The first-order valence-corrected chi connectivity index (χ1v) is 10.8. The Kier molecular flexibility index (Phi) is 5.98. The van der Waals surface area contributed by atoms with Crippen molar-refractivity contribution in [3.63, 3.8) is 0 Å². The fourth-order valence-corrected chi connectivity index (χ4v) is 4.72. The Morgan fingerprint density at radius 1 is 1.22 bits per heavy atom. The average molecular weight is 496 g/mol. The molecule has 0 atom stereocenters. The number of benzene rings is 2. The second-order valence-electron chi connectivity index (χ2n) is 7.06. The molecule has 1 aromatic heterocycles. The van der Waals surface area contributed by atoms with Gasteiger partial charge in [0.1, 0.15) is 15.9 Å². The van der Waals surface area contributed by atoms with Crippen molar-refractivity contribution < 1.29 is 23.8 Å². The summed E-state index contributed by atoms with van der Waals surface area (Å²) in [5, 5.41) is 9.65. The monoisotopic (exact) mass is 495 g/mol. The molecule has 0 unspecified atom stereocenters. The normalized spacial score (nSPS) is 12.6. The van der Waals surface area contributed by atoms with Gasteiger partial charge in [-0.3, -0.25) is 4.79 Å². The number of halogens is 3. The van der Waals surface area contributed by atoms with Gasteiger partial charge in [0.25, 0.3) is 5.91 Å². The van der Waals surface area contributed by atoms with E-state index in [-0.39, 0.29) is 20.7 Å². The van der Waals surface area contributed by atoms with Crippen LogP contribution in [0.1, 0.15) is 32.0 Å². The molecule has 0 saturated carbocycles. The van der Waals surface area contributed by atoms with Crippen LogP contribution < -0.4 is 14.5 Å². The Balaban J connectivity index is 1.62. The standard InChI is InChI=1S/C21H16Cl2FN3O4S/c1-26(16-7-14(22)15(24)6-13(16)20(29)30)19(28)17-18(23)32-21(25-17)27-8-10-3-4-12(31-2)5-11(10)9-27/h3-7H,8-9H2,1-2H3,(H,29,30). The van der Waals surface area contributed by atoms with Crippen LogP contribution in [-0.4, -0.2) is 36.1 Å². The van der Waals surface area contributed by atoms with Gasteiger partial charge in [-0.1, -0.05) is 40.6 Å². The van der Waals surface area contributed by atoms with Gasteiger partial charge in [-0.2, -0.15) is 0 Å². The number of ether oxygens (including phenoxy) is 1. The number of nitrogens with zero attached hydrogens (tertiary/aromatic N) is 3. The van der Waals surface area contributed by atoms with Gasteiger partial charge in [-0.15, -0.1) is 0 Å². The lowest BCUT2D eigenvalue weighted by molar-refractivity contribution is 0.0697. The van der Waals surface area contributed by atoms with Crippen LogP contribution in [0.25, 0.3) is 0 Å². The summed E-state index contributed by atoms with van der Waals surface area (Å²) in [4.78, 5) is 32.1. The van der Waals surface area contributed by atoms with Crippen LogP contribution in [0.5, 0.6) is 5.75 Å². The van der Waals surface area contributed by atoms with Crippen LogP contribution in [0.2, 0.25) is 9.36 Å². The molecule has 4 rings (SSSR count). The first-order valence-electron chi connectivity index (χ1n) is 9.27. The third-order valence-electron chi connectivity index (χ3n) is 5.12. The summed E-state index contributed by atoms with van der Waals surface area (Å²) in [6.07, 6.45) is 0. The van der Waals surface area contributed by atoms with Crippen LogP contribution in [0.4, 0.5) is 15.2 Å². The molecule has 2 heterocycles. The molecule has 0 radical (unpaired) electrons. The highest BCUT2D eigenvalue weighted by molar-refractivity contribution is 7.19. The number of hydrogen-bond acceptors (Lipinski definition) is 6. The Labute approximate surface area is 196 Å². The van der Waals surface area contributed by atoms with E-state index < -0.39 is 23.3 Å². The predicted molar refractivity (Wildman–Crippen MR) is 121 cm³/mol. The van der Waals surface area contributed by atoms with E-state index in [0.29, 0.717) is 18.2 Å². The van der Waals surface area contributed by atoms with E-state index in [0.717, 1.165) is 45.2 Å². The molecule has 0 aliphatic carbocycles. The van der Waals surface area contributed by atoms with Crippen molar-refractivity contribution in [2.24, 2.45) is 0 Å². The average Bonchev–Trinajstić information content (AvgIpc) is 3.36.